The van der Waals surface area contributed by atoms with Crippen LogP contribution in [0.4, 0.5) is 5.82 Å². The van der Waals surface area contributed by atoms with Gasteiger partial charge in [-0.3, -0.25) is 4.99 Å². The van der Waals surface area contributed by atoms with Crippen LogP contribution in [-0.4, -0.2) is 68.7 Å². The molecule has 0 atom stereocenters. The third-order valence-corrected chi connectivity index (χ3v) is 6.44. The van der Waals surface area contributed by atoms with Crippen LogP contribution >= 0.6 is 24.0 Å². The molecule has 10 heteroatoms. The average Bonchev–Trinajstić information content (AvgIpc) is 2.68. The zero-order chi connectivity index (χ0) is 19.5. The summed E-state index contributed by atoms with van der Waals surface area (Å²) < 4.78 is 26.6. The van der Waals surface area contributed by atoms with Crippen LogP contribution in [0.5, 0.6) is 0 Å². The van der Waals surface area contributed by atoms with E-state index in [1.807, 2.05) is 18.2 Å². The number of nitrogens with two attached hydrogens (primary N) is 1. The normalized spacial score (nSPS) is 15.9. The summed E-state index contributed by atoms with van der Waals surface area (Å²) in [6.07, 6.45) is 6.29. The van der Waals surface area contributed by atoms with Gasteiger partial charge in [0.15, 0.2) is 5.96 Å². The van der Waals surface area contributed by atoms with Crippen molar-refractivity contribution in [1.29, 1.82) is 0 Å². The second kappa shape index (κ2) is 13.2. The monoisotopic (exact) mass is 524 g/mol. The summed E-state index contributed by atoms with van der Waals surface area (Å²) in [5.74, 6) is 1.23. The average molecular weight is 524 g/mol. The summed E-state index contributed by atoms with van der Waals surface area (Å²) >= 11 is 0. The van der Waals surface area contributed by atoms with E-state index in [1.54, 1.807) is 10.5 Å². The lowest BCUT2D eigenvalue weighted by molar-refractivity contribution is 0.384. The first-order chi connectivity index (χ1) is 13.0. The molecule has 0 bridgehead atoms. The maximum Gasteiger partial charge on any atom is 0.215 e. The minimum atomic E-state index is -3.30. The lowest BCUT2D eigenvalue weighted by atomic mass is 10.2. The van der Waals surface area contributed by atoms with Gasteiger partial charge in [-0.2, -0.15) is 4.31 Å². The van der Waals surface area contributed by atoms with Crippen LogP contribution in [0.25, 0.3) is 0 Å². The van der Waals surface area contributed by atoms with Crippen molar-refractivity contribution in [2.75, 3.05) is 49.9 Å². The van der Waals surface area contributed by atoms with Crippen molar-refractivity contribution in [2.24, 2.45) is 10.7 Å². The highest BCUT2D eigenvalue weighted by Crippen LogP contribution is 2.14. The van der Waals surface area contributed by atoms with E-state index in [2.05, 4.69) is 27.1 Å². The highest BCUT2D eigenvalue weighted by Gasteiger charge is 2.26. The first kappa shape index (κ1) is 24.9. The topological polar surface area (TPSA) is 104 Å². The van der Waals surface area contributed by atoms with Crippen molar-refractivity contribution >= 4 is 45.8 Å². The SMILES string of the molecule is CCCCCCN=C(N)NCCS(=O)(=O)N1CCN(c2ccccn2)CC1.I. The number of hydrogen-bond donors (Lipinski definition) is 2. The number of aliphatic imine (C=N–C) groups is 1. The zero-order valence-corrected chi connectivity index (χ0v) is 19.7. The van der Waals surface area contributed by atoms with E-state index in [9.17, 15) is 8.42 Å². The van der Waals surface area contributed by atoms with Crippen molar-refractivity contribution in [2.45, 2.75) is 32.6 Å². The first-order valence-electron chi connectivity index (χ1n) is 9.70. The molecular formula is C18H33IN6O2S. The molecule has 0 aliphatic carbocycles. The van der Waals surface area contributed by atoms with Crippen LogP contribution in [0.15, 0.2) is 29.4 Å². The van der Waals surface area contributed by atoms with Gasteiger partial charge in [-0.15, -0.1) is 24.0 Å². The lowest BCUT2D eigenvalue weighted by Crippen LogP contribution is -2.50. The fourth-order valence-corrected chi connectivity index (χ4v) is 4.31. The van der Waals surface area contributed by atoms with Crippen LogP contribution in [0.2, 0.25) is 0 Å². The maximum atomic E-state index is 12.5. The molecular weight excluding hydrogens is 491 g/mol. The number of sulfonamides is 1. The molecule has 1 aliphatic rings. The molecule has 0 saturated carbocycles. The van der Waals surface area contributed by atoms with Gasteiger partial charge in [0.1, 0.15) is 5.82 Å². The molecule has 0 aromatic carbocycles. The fraction of sp³-hybridized carbons (Fsp3) is 0.667. The third kappa shape index (κ3) is 8.48. The van der Waals surface area contributed by atoms with E-state index < -0.39 is 10.0 Å². The van der Waals surface area contributed by atoms with Gasteiger partial charge in [0.2, 0.25) is 10.0 Å². The number of hydrogen-bond acceptors (Lipinski definition) is 5. The second-order valence-corrected chi connectivity index (χ2v) is 8.73. The van der Waals surface area contributed by atoms with Crippen molar-refractivity contribution in [3.05, 3.63) is 24.4 Å². The summed E-state index contributed by atoms with van der Waals surface area (Å²) in [5.41, 5.74) is 5.80. The van der Waals surface area contributed by atoms with Crippen molar-refractivity contribution in [3.63, 3.8) is 0 Å². The number of nitrogens with one attached hydrogen (secondary N) is 1. The molecule has 2 rings (SSSR count). The summed E-state index contributed by atoms with van der Waals surface area (Å²) in [5, 5.41) is 2.90. The van der Waals surface area contributed by atoms with Crippen LogP contribution in [0.3, 0.4) is 0 Å². The number of pyridine rings is 1. The molecule has 160 valence electrons. The summed E-state index contributed by atoms with van der Waals surface area (Å²) in [7, 11) is -3.30. The van der Waals surface area contributed by atoms with E-state index >= 15 is 0 Å². The summed E-state index contributed by atoms with van der Waals surface area (Å²) in [4.78, 5) is 10.7. The van der Waals surface area contributed by atoms with Crippen LogP contribution in [-0.2, 0) is 10.0 Å². The number of unbranched alkanes of at least 4 members (excludes halogenated alkanes) is 3. The second-order valence-electron chi connectivity index (χ2n) is 6.64. The van der Waals surface area contributed by atoms with Crippen LogP contribution < -0.4 is 16.0 Å². The number of aromatic nitrogens is 1. The molecule has 1 saturated heterocycles. The Bertz CT molecular complexity index is 679. The van der Waals surface area contributed by atoms with Gasteiger partial charge in [-0.25, -0.2) is 13.4 Å². The van der Waals surface area contributed by atoms with E-state index in [0.29, 0.717) is 38.7 Å². The van der Waals surface area contributed by atoms with E-state index in [1.165, 1.54) is 12.8 Å². The van der Waals surface area contributed by atoms with Crippen molar-refractivity contribution in [3.8, 4) is 0 Å². The molecule has 1 aromatic heterocycles. The van der Waals surface area contributed by atoms with Gasteiger partial charge in [-0.05, 0) is 18.6 Å². The number of nitrogens with zero attached hydrogens (tertiary/aromatic N) is 4. The number of piperazine rings is 1. The van der Waals surface area contributed by atoms with Gasteiger partial charge in [-0.1, -0.05) is 32.3 Å². The molecule has 1 aliphatic heterocycles. The smallest absolute Gasteiger partial charge is 0.215 e. The molecule has 1 aromatic rings. The Hall–Kier alpha value is -1.14. The van der Waals surface area contributed by atoms with E-state index in [0.717, 1.165) is 18.7 Å². The minimum absolute atomic E-state index is 0. The van der Waals surface area contributed by atoms with Crippen molar-refractivity contribution in [1.82, 2.24) is 14.6 Å². The summed E-state index contributed by atoms with van der Waals surface area (Å²) in [6, 6.07) is 5.75. The maximum absolute atomic E-state index is 12.5. The Morgan fingerprint density at radius 2 is 1.96 bits per heavy atom. The zero-order valence-electron chi connectivity index (χ0n) is 16.6. The standard InChI is InChI=1S/C18H32N6O2S.HI/c1-2-3-4-6-10-21-18(19)22-11-16-27(25,26)24-14-12-23(13-15-24)17-8-5-7-9-20-17;/h5,7-9H,2-4,6,10-16H2,1H3,(H3,19,21,22);1H. The fourth-order valence-electron chi connectivity index (χ4n) is 2.97. The molecule has 0 radical (unpaired) electrons. The molecule has 28 heavy (non-hydrogen) atoms. The molecule has 2 heterocycles. The van der Waals surface area contributed by atoms with Crippen molar-refractivity contribution < 1.29 is 8.42 Å². The number of guanidine groups is 1. The molecule has 0 unspecified atom stereocenters. The minimum Gasteiger partial charge on any atom is -0.370 e. The summed E-state index contributed by atoms with van der Waals surface area (Å²) in [6.45, 7) is 5.35. The first-order valence-corrected chi connectivity index (χ1v) is 11.3. The largest absolute Gasteiger partial charge is 0.370 e. The number of halogens is 1. The Morgan fingerprint density at radius 1 is 1.21 bits per heavy atom. The highest BCUT2D eigenvalue weighted by atomic mass is 127. The van der Waals surface area contributed by atoms with E-state index in [-0.39, 0.29) is 36.3 Å². The Kier molecular flexibility index (Phi) is 11.7. The third-order valence-electron chi connectivity index (χ3n) is 4.57. The number of rotatable bonds is 10. The predicted molar refractivity (Wildman–Crippen MR) is 126 cm³/mol. The van der Waals surface area contributed by atoms with Gasteiger partial charge < -0.3 is 16.0 Å². The van der Waals surface area contributed by atoms with Gasteiger partial charge in [0.25, 0.3) is 0 Å². The number of anilines is 1. The predicted octanol–water partition coefficient (Wildman–Crippen LogP) is 1.64. The Morgan fingerprint density at radius 3 is 2.61 bits per heavy atom. The lowest BCUT2D eigenvalue weighted by Gasteiger charge is -2.34. The van der Waals surface area contributed by atoms with Gasteiger partial charge in [0.05, 0.1) is 5.75 Å². The molecule has 8 nitrogen and oxygen atoms in total. The molecule has 3 N–H and O–H groups in total. The molecule has 1 fully saturated rings. The van der Waals surface area contributed by atoms with Gasteiger partial charge >= 0.3 is 0 Å². The van der Waals surface area contributed by atoms with E-state index in [4.69, 9.17) is 5.73 Å². The van der Waals surface area contributed by atoms with Crippen LogP contribution in [0.1, 0.15) is 32.6 Å². The van der Waals surface area contributed by atoms with Crippen LogP contribution in [0, 0.1) is 0 Å². The quantitative estimate of drug-likeness (QED) is 0.209. The Balaban J connectivity index is 0.00000392. The molecule has 0 amide bonds. The Labute approximate surface area is 186 Å². The highest BCUT2D eigenvalue weighted by molar-refractivity contribution is 14.0. The molecule has 0 spiro atoms. The van der Waals surface area contributed by atoms with Gasteiger partial charge in [0, 0.05) is 45.5 Å².